The molecule has 46 valence electrons. The number of nitrogens with one attached hydrogen (secondary N) is 1. The van der Waals surface area contributed by atoms with Crippen LogP contribution in [0, 0.1) is 0 Å². The molecule has 0 aliphatic carbocycles. The first kappa shape index (κ1) is 7.29. The van der Waals surface area contributed by atoms with Crippen molar-refractivity contribution in [3.63, 3.8) is 0 Å². The quantitative estimate of drug-likeness (QED) is 0.148. The molecule has 0 aromatic rings. The van der Waals surface area contributed by atoms with Crippen LogP contribution in [0.4, 0.5) is 0 Å². The van der Waals surface area contributed by atoms with Crippen LogP contribution in [0.2, 0.25) is 0 Å². The average Bonchev–Trinajstić information content (AvgIpc) is 1.65. The first-order valence-corrected chi connectivity index (χ1v) is 2.76. The molecular weight excluding hydrogens is 126 g/mol. The van der Waals surface area contributed by atoms with Gasteiger partial charge in [-0.3, -0.25) is 16.4 Å². The number of hydrogen-bond acceptors (Lipinski definition) is 3. The van der Waals surface area contributed by atoms with E-state index in [4.69, 9.17) is 11.6 Å². The first-order chi connectivity index (χ1) is 3.66. The average molecular weight is 134 g/mol. The van der Waals surface area contributed by atoms with Gasteiger partial charge in [0.05, 0.1) is 0 Å². The molecule has 4 nitrogen and oxygen atoms in total. The van der Waals surface area contributed by atoms with Gasteiger partial charge in [0.1, 0.15) is 0 Å². The Morgan fingerprint density at radius 1 is 1.75 bits per heavy atom. The van der Waals surface area contributed by atoms with Crippen molar-refractivity contribution in [2.24, 2.45) is 11.6 Å². The zero-order valence-corrected chi connectivity index (χ0v) is 5.29. The molecule has 0 fully saturated rings. The third kappa shape index (κ3) is 3.48. The molecule has 0 unspecified atom stereocenters. The van der Waals surface area contributed by atoms with Crippen LogP contribution in [-0.4, -0.2) is 10.3 Å². The van der Waals surface area contributed by atoms with E-state index in [1.807, 2.05) is 0 Å². The van der Waals surface area contributed by atoms with Crippen LogP contribution in [-0.2, 0) is 4.79 Å². The molecule has 8 heavy (non-hydrogen) atoms. The van der Waals surface area contributed by atoms with E-state index in [2.05, 4.69) is 5.10 Å². The van der Waals surface area contributed by atoms with E-state index in [9.17, 15) is 4.79 Å². The first-order valence-electron chi connectivity index (χ1n) is 1.94. The third-order valence-electron chi connectivity index (χ3n) is 0.396. The Morgan fingerprint density at radius 2 is 2.25 bits per heavy atom. The number of rotatable bonds is 0. The summed E-state index contributed by atoms with van der Waals surface area (Å²) in [6, 6.07) is 0. The summed E-state index contributed by atoms with van der Waals surface area (Å²) in [4.78, 5) is 10.2. The predicted octanol–water partition coefficient (Wildman–Crippen LogP) is -2.46. The minimum Gasteiger partial charge on any atom is -0.287 e. The highest BCUT2D eigenvalue weighted by molar-refractivity contribution is 8.25. The van der Waals surface area contributed by atoms with E-state index < -0.39 is 0 Å². The van der Waals surface area contributed by atoms with Crippen molar-refractivity contribution in [1.29, 1.82) is 0 Å². The summed E-state index contributed by atoms with van der Waals surface area (Å²) in [6.45, 7) is 1.41. The van der Waals surface area contributed by atoms with Crippen LogP contribution in [0.15, 0.2) is 0 Å². The molecule has 0 aromatic carbocycles. The lowest BCUT2D eigenvalue weighted by atomic mass is 10.9. The Hall–Kier alpha value is -0.710. The summed E-state index contributed by atoms with van der Waals surface area (Å²) < 4.78 is 0. The highest BCUT2D eigenvalue weighted by Gasteiger charge is 2.01. The molecular formula is C3H8N3OS+. The zero-order chi connectivity index (χ0) is 6.57. The van der Waals surface area contributed by atoms with Gasteiger partial charge < -0.3 is 0 Å². The topological polar surface area (TPSA) is 83.1 Å². The molecule has 0 radical (unpaired) electrons. The van der Waals surface area contributed by atoms with Crippen LogP contribution in [0.5, 0.6) is 0 Å². The smallest absolute Gasteiger partial charge is 0.287 e. The number of hydrogen-bond donors (Lipinski definition) is 3. The van der Waals surface area contributed by atoms with E-state index >= 15 is 0 Å². The summed E-state index contributed by atoms with van der Waals surface area (Å²) in [7, 11) is 0. The van der Waals surface area contributed by atoms with E-state index in [0.29, 0.717) is 0 Å². The fourth-order valence-corrected chi connectivity index (χ4v) is 0.553. The minimum atomic E-state index is -0.0829. The Morgan fingerprint density at radius 3 is 2.38 bits per heavy atom. The fourth-order valence-electron chi connectivity index (χ4n) is 0.184. The second-order valence-electron chi connectivity index (χ2n) is 1.10. The van der Waals surface area contributed by atoms with E-state index in [1.54, 1.807) is 0 Å². The number of hydrazine groups is 1. The molecule has 5 N–H and O–H groups in total. The molecule has 0 saturated heterocycles. The SMILES string of the molecule is CC(=O)SC(N)=[NH+]N. The van der Waals surface area contributed by atoms with Crippen molar-refractivity contribution in [2.45, 2.75) is 6.92 Å². The fraction of sp³-hybridized carbons (Fsp3) is 0.333. The standard InChI is InChI=1S/C3H7N3OS/c1-2(7)8-3(4)6-5/h5H2,1H3,(H2,4,6)/p+1. The molecule has 5 heteroatoms. The minimum absolute atomic E-state index is 0.0829. The largest absolute Gasteiger partial charge is 0.332 e. The van der Waals surface area contributed by atoms with Crippen molar-refractivity contribution >= 4 is 22.0 Å². The maximum absolute atomic E-state index is 10.2. The van der Waals surface area contributed by atoms with Crippen molar-refractivity contribution in [1.82, 2.24) is 0 Å². The number of hydrazone groups is 1. The Bertz CT molecular complexity index is 122. The lowest BCUT2D eigenvalue weighted by Crippen LogP contribution is -2.81. The maximum Gasteiger partial charge on any atom is 0.332 e. The van der Waals surface area contributed by atoms with Gasteiger partial charge in [-0.2, -0.15) is 5.10 Å². The second-order valence-corrected chi connectivity index (χ2v) is 2.32. The molecule has 0 aromatic heterocycles. The van der Waals surface area contributed by atoms with Gasteiger partial charge in [-0.25, -0.2) is 0 Å². The Kier molecular flexibility index (Phi) is 3.02. The maximum atomic E-state index is 10.2. The number of carbonyl (C=O) groups excluding carboxylic acids is 1. The molecule has 0 aliphatic rings. The van der Waals surface area contributed by atoms with Crippen LogP contribution in [0.1, 0.15) is 6.92 Å². The summed E-state index contributed by atoms with van der Waals surface area (Å²) >= 11 is 0.874. The van der Waals surface area contributed by atoms with Crippen molar-refractivity contribution in [2.75, 3.05) is 0 Å². The predicted molar refractivity (Wildman–Crippen MR) is 32.6 cm³/mol. The number of amidine groups is 1. The second kappa shape index (κ2) is 3.31. The van der Waals surface area contributed by atoms with Gasteiger partial charge in [0, 0.05) is 18.7 Å². The van der Waals surface area contributed by atoms with Crippen LogP contribution >= 0.6 is 11.8 Å². The van der Waals surface area contributed by atoms with Crippen molar-refractivity contribution in [3.05, 3.63) is 0 Å². The summed E-state index contributed by atoms with van der Waals surface area (Å²) in [5, 5.41) is 2.27. The van der Waals surface area contributed by atoms with Gasteiger partial charge in [-0.1, -0.05) is 0 Å². The van der Waals surface area contributed by atoms with Gasteiger partial charge in [-0.05, 0) is 0 Å². The van der Waals surface area contributed by atoms with Gasteiger partial charge in [0.25, 0.3) is 0 Å². The summed E-state index contributed by atoms with van der Waals surface area (Å²) in [6.07, 6.45) is 0. The zero-order valence-electron chi connectivity index (χ0n) is 4.47. The lowest BCUT2D eigenvalue weighted by molar-refractivity contribution is -0.467. The number of carbonyl (C=O) groups is 1. The van der Waals surface area contributed by atoms with Crippen LogP contribution in [0.3, 0.4) is 0 Å². The number of nitrogens with two attached hydrogens (primary N) is 2. The van der Waals surface area contributed by atoms with Gasteiger partial charge in [0.15, 0.2) is 5.12 Å². The molecule has 0 atom stereocenters. The van der Waals surface area contributed by atoms with Gasteiger partial charge >= 0.3 is 5.17 Å². The molecule has 0 saturated carbocycles. The molecule has 0 bridgehead atoms. The van der Waals surface area contributed by atoms with Crippen molar-refractivity contribution < 1.29 is 9.90 Å². The molecule has 0 rings (SSSR count). The summed E-state index contributed by atoms with van der Waals surface area (Å²) in [5.41, 5.74) is 5.10. The molecule has 0 aliphatic heterocycles. The Balaban J connectivity index is 3.56. The molecule has 0 amide bonds. The van der Waals surface area contributed by atoms with Crippen LogP contribution < -0.4 is 16.7 Å². The number of thioether (sulfide) groups is 1. The van der Waals surface area contributed by atoms with Crippen LogP contribution in [0.25, 0.3) is 0 Å². The molecule has 0 heterocycles. The van der Waals surface area contributed by atoms with E-state index in [0.717, 1.165) is 11.8 Å². The van der Waals surface area contributed by atoms with Crippen molar-refractivity contribution in [3.8, 4) is 0 Å². The van der Waals surface area contributed by atoms with Gasteiger partial charge in [0.2, 0.25) is 0 Å². The Labute approximate surface area is 51.3 Å². The van der Waals surface area contributed by atoms with Gasteiger partial charge in [-0.15, -0.1) is 0 Å². The van der Waals surface area contributed by atoms with E-state index in [1.165, 1.54) is 6.92 Å². The monoisotopic (exact) mass is 134 g/mol. The lowest BCUT2D eigenvalue weighted by Gasteiger charge is -1.82. The highest BCUT2D eigenvalue weighted by atomic mass is 32.2. The third-order valence-corrected chi connectivity index (χ3v) is 1.02. The highest BCUT2D eigenvalue weighted by Crippen LogP contribution is 1.94. The summed E-state index contributed by atoms with van der Waals surface area (Å²) in [5.74, 6) is 4.84. The van der Waals surface area contributed by atoms with E-state index in [-0.39, 0.29) is 10.3 Å². The molecule has 0 spiro atoms. The normalized spacial score (nSPS) is 11.4.